The predicted molar refractivity (Wildman–Crippen MR) is 455 cm³/mol. The fraction of sp³-hybridized carbons (Fsp3) is 0.250. The van der Waals surface area contributed by atoms with Crippen molar-refractivity contribution in [3.05, 3.63) is 347 Å². The first-order valence-corrected chi connectivity index (χ1v) is 40.6. The van der Waals surface area contributed by atoms with Gasteiger partial charge in [-0.1, -0.05) is 267 Å². The van der Waals surface area contributed by atoms with Gasteiger partial charge in [-0.05, 0) is 92.7 Å². The summed E-state index contributed by atoms with van der Waals surface area (Å²) in [7, 11) is 0. The van der Waals surface area contributed by atoms with Crippen LogP contribution in [0.1, 0.15) is 95.2 Å². The maximum Gasteiger partial charge on any atom is 0.246 e. The number of phenols is 2. The molecular weight excluding hydrogens is 1550 g/mol. The fourth-order valence-electron chi connectivity index (χ4n) is 16.5. The third-order valence-electron chi connectivity index (χ3n) is 22.3. The van der Waals surface area contributed by atoms with Crippen LogP contribution in [-0.4, -0.2) is 164 Å². The van der Waals surface area contributed by atoms with E-state index in [1.165, 1.54) is 47.9 Å². The number of phenolic OH excluding ortho intramolecular Hbond substituents is 2. The number of fused-ring (bicyclic) bond motifs is 2. The molecule has 26 heteroatoms. The molecule has 3 heterocycles. The number of hydrogen-bond acceptors (Lipinski definition) is 14. The molecule has 0 radical (unpaired) electrons. The van der Waals surface area contributed by atoms with Crippen LogP contribution in [0.25, 0.3) is 0 Å². The van der Waals surface area contributed by atoms with Crippen LogP contribution >= 0.6 is 0 Å². The maximum atomic E-state index is 15.4. The van der Waals surface area contributed by atoms with Gasteiger partial charge in [-0.3, -0.25) is 57.5 Å². The highest BCUT2D eigenvalue weighted by Crippen LogP contribution is 2.40. The van der Waals surface area contributed by atoms with E-state index in [9.17, 15) is 39.0 Å². The van der Waals surface area contributed by atoms with Gasteiger partial charge in [0.05, 0.1) is 12.8 Å². The van der Waals surface area contributed by atoms with E-state index in [0.29, 0.717) is 55.6 Å². The minimum Gasteiger partial charge on any atom is -0.508 e. The Labute approximate surface area is 706 Å². The molecule has 12 amide bonds. The lowest BCUT2D eigenvalue weighted by molar-refractivity contribution is -0.156. The van der Waals surface area contributed by atoms with Crippen LogP contribution in [0.15, 0.2) is 291 Å². The summed E-state index contributed by atoms with van der Waals surface area (Å²) in [5.74, 6) is -8.79. The van der Waals surface area contributed by atoms with Gasteiger partial charge >= 0.3 is 0 Å². The van der Waals surface area contributed by atoms with Crippen LogP contribution in [0.5, 0.6) is 11.5 Å². The Bertz CT molecular complexity index is 4810. The number of aromatic hydroxyl groups is 2. The molecule has 10 atom stereocenters. The number of piperazine rings is 1. The number of rotatable bonds is 34. The molecule has 12 N–H and O–H groups in total. The molecule has 0 spiro atoms. The summed E-state index contributed by atoms with van der Waals surface area (Å²) < 4.78 is 0. The lowest BCUT2D eigenvalue weighted by Gasteiger charge is -2.38. The average Bonchev–Trinajstić information content (AvgIpc) is 1.59. The molecule has 13 rings (SSSR count). The highest BCUT2D eigenvalue weighted by Gasteiger charge is 2.55. The van der Waals surface area contributed by atoms with E-state index in [4.69, 9.17) is 0 Å². The van der Waals surface area contributed by atoms with Gasteiger partial charge in [-0.15, -0.1) is 0 Å². The van der Waals surface area contributed by atoms with Crippen molar-refractivity contribution in [1.82, 2.24) is 63.0 Å². The Morgan fingerprint density at radius 1 is 0.311 bits per heavy atom. The highest BCUT2D eigenvalue weighted by molar-refractivity contribution is 6.01. The Morgan fingerprint density at radius 2 is 0.541 bits per heavy atom. The zero-order valence-electron chi connectivity index (χ0n) is 67.2. The Morgan fingerprint density at radius 3 is 0.803 bits per heavy atom. The van der Waals surface area contributed by atoms with Gasteiger partial charge in [-0.25, -0.2) is 0 Å². The molecule has 0 aliphatic carbocycles. The Hall–Kier alpha value is -14.6. The summed E-state index contributed by atoms with van der Waals surface area (Å²) in [6, 6.07) is 71.9. The quantitative estimate of drug-likeness (QED) is 0.0192. The molecule has 3 saturated heterocycles. The zero-order valence-corrected chi connectivity index (χ0v) is 67.2. The van der Waals surface area contributed by atoms with Crippen LogP contribution in [0, 0.1) is 0 Å². The molecule has 3 aliphatic heterocycles. The van der Waals surface area contributed by atoms with Crippen molar-refractivity contribution in [3.8, 4) is 11.5 Å². The summed E-state index contributed by atoms with van der Waals surface area (Å²) in [6.07, 6.45) is -2.03. The summed E-state index contributed by atoms with van der Waals surface area (Å²) in [5, 5.41) is 49.7. The topological polar surface area (TPSA) is 372 Å². The molecule has 122 heavy (non-hydrogen) atoms. The highest BCUT2D eigenvalue weighted by atomic mass is 16.3. The first-order valence-electron chi connectivity index (χ1n) is 40.6. The van der Waals surface area contributed by atoms with Crippen molar-refractivity contribution >= 4 is 70.9 Å². The monoisotopic (exact) mass is 1640 g/mol. The minimum atomic E-state index is -1.72. The van der Waals surface area contributed by atoms with Crippen molar-refractivity contribution in [2.24, 2.45) is 0 Å². The molecule has 0 saturated carbocycles. The number of benzene rings is 10. The van der Waals surface area contributed by atoms with E-state index >= 15 is 28.8 Å². The zero-order chi connectivity index (χ0) is 85.9. The average molecular weight is 1640 g/mol. The number of carbonyl (C=O) groups excluding carboxylic acids is 12. The lowest BCUT2D eigenvalue weighted by Crippen LogP contribution is -2.60. The van der Waals surface area contributed by atoms with Gasteiger partial charge in [-0.2, -0.15) is 0 Å². The summed E-state index contributed by atoms with van der Waals surface area (Å²) in [5.41, 5.74) is 3.51. The normalized spacial score (nSPS) is 16.9. The summed E-state index contributed by atoms with van der Waals surface area (Å²) >= 11 is 0. The predicted octanol–water partition coefficient (Wildman–Crippen LogP) is 6.50. The van der Waals surface area contributed by atoms with Gasteiger partial charge in [0.2, 0.25) is 70.9 Å². The van der Waals surface area contributed by atoms with Crippen molar-refractivity contribution in [2.45, 2.75) is 137 Å². The third-order valence-corrected chi connectivity index (χ3v) is 22.3. The molecule has 10 aromatic rings. The molecule has 26 nitrogen and oxygen atoms in total. The first-order chi connectivity index (χ1) is 59.0. The first kappa shape index (κ1) is 85.3. The molecule has 10 aromatic carbocycles. The smallest absolute Gasteiger partial charge is 0.246 e. The van der Waals surface area contributed by atoms with Crippen molar-refractivity contribution in [2.75, 3.05) is 13.1 Å². The standard InChI is InChI=1S/C96H96N12O14/c1-61(109)97-77(51-63-27-11-3-12-28-63)89(117)103-81(57-85(113)105-95(67-31-15-5-16-32-67,68-33-17-6-18-34-68)69-35-19-7-20-36-69)91(119)101-79(53-65-43-47-75(111)48-44-65)87(115)99-73-55-83-93(121)108-60-74(56-84(108)94(122)107(83)59-73)100-88(116)80(54-66-45-49-76(112)50-46-66)102-92(120)82(104-90(118)78(98-62(2)110)52-64-29-13-4-14-30-64)58-86(114)106-96(70-37-21-8-22-38-70,71-39-23-9-24-40-71)72-41-25-10-26-42-72/h3-50,73-74,77-84,111-112H,51-60H2,1-2H3,(H,97,109)(H,98,110)(H,99,115)(H,100,116)(H,101,119)(H,102,120)(H,103,117)(H,104,118)(H,105,113)(H,106,114)/t73-,74-,77-,78-,79+,80+,81-,82-,83-,84-/m0/s1. The van der Waals surface area contributed by atoms with E-state index in [0.717, 1.165) is 0 Å². The van der Waals surface area contributed by atoms with E-state index in [1.54, 1.807) is 84.9 Å². The summed E-state index contributed by atoms with van der Waals surface area (Å²) in [6.45, 7) is 2.15. The van der Waals surface area contributed by atoms with Crippen LogP contribution in [0.3, 0.4) is 0 Å². The van der Waals surface area contributed by atoms with Crippen molar-refractivity contribution in [1.29, 1.82) is 0 Å². The van der Waals surface area contributed by atoms with E-state index < -0.39 is 155 Å². The number of nitrogens with one attached hydrogen (secondary N) is 10. The van der Waals surface area contributed by atoms with Gasteiger partial charge < -0.3 is 73.2 Å². The van der Waals surface area contributed by atoms with Gasteiger partial charge in [0.15, 0.2) is 0 Å². The van der Waals surface area contributed by atoms with E-state index in [-0.39, 0.29) is 63.1 Å². The second-order valence-electron chi connectivity index (χ2n) is 31.0. The molecule has 0 unspecified atom stereocenters. The number of hydrogen-bond donors (Lipinski definition) is 12. The van der Waals surface area contributed by atoms with E-state index in [1.807, 2.05) is 182 Å². The summed E-state index contributed by atoms with van der Waals surface area (Å²) in [4.78, 5) is 179. The molecule has 3 aliphatic rings. The number of carbonyl (C=O) groups is 12. The van der Waals surface area contributed by atoms with Crippen molar-refractivity contribution in [3.63, 3.8) is 0 Å². The lowest BCUT2D eigenvalue weighted by atomic mass is 9.77. The fourth-order valence-corrected chi connectivity index (χ4v) is 16.5. The molecule has 624 valence electrons. The Kier molecular flexibility index (Phi) is 27.5. The number of nitrogens with zero attached hydrogens (tertiary/aromatic N) is 2. The second kappa shape index (κ2) is 39.3. The second-order valence-corrected chi connectivity index (χ2v) is 31.0. The van der Waals surface area contributed by atoms with Gasteiger partial charge in [0.1, 0.15) is 70.9 Å². The molecule has 0 aromatic heterocycles. The third kappa shape index (κ3) is 20.7. The molecule has 3 fully saturated rings. The van der Waals surface area contributed by atoms with Crippen molar-refractivity contribution < 1.29 is 67.7 Å². The maximum absolute atomic E-state index is 15.4. The minimum absolute atomic E-state index is 0.0100. The van der Waals surface area contributed by atoms with Gasteiger partial charge in [0, 0.05) is 64.7 Å². The molecular formula is C96H96N12O14. The van der Waals surface area contributed by atoms with Crippen LogP contribution < -0.4 is 53.2 Å². The largest absolute Gasteiger partial charge is 0.508 e. The molecule has 0 bridgehead atoms. The SMILES string of the molecule is CC(=O)N[C@@H](Cc1ccccc1)C(=O)N[C@@H](CC(=O)NC(c1ccccc1)(c1ccccc1)c1ccccc1)C(=O)N[C@H](Cc1ccc(O)cc1)C(=O)N[C@H]1C[C@H]2C(=O)N3C[C@@H](NC(=O)[C@@H](Cc4ccc(O)cc4)NC(=O)[C@H](CC(=O)NC(c4ccccc4)(c4ccccc4)c4ccccc4)NC(=O)[C@H](Cc4ccccc4)NC(C)=O)C[C@H]3C(=O)N2C1. The number of amides is 12. The van der Waals surface area contributed by atoms with Gasteiger partial charge in [0.25, 0.3) is 0 Å². The van der Waals surface area contributed by atoms with E-state index in [2.05, 4.69) is 53.2 Å². The van der Waals surface area contributed by atoms with Crippen LogP contribution in [0.2, 0.25) is 0 Å². The van der Waals surface area contributed by atoms with Crippen LogP contribution in [-0.2, 0) is 94.3 Å². The Balaban J connectivity index is 0.733. The van der Waals surface area contributed by atoms with Crippen LogP contribution in [0.4, 0.5) is 0 Å².